The highest BCUT2D eigenvalue weighted by Gasteiger charge is 2.12. The van der Waals surface area contributed by atoms with Crippen LogP contribution < -0.4 is 5.32 Å². The molecular weight excluding hydrogens is 278 g/mol. The van der Waals surface area contributed by atoms with E-state index in [4.69, 9.17) is 4.74 Å². The number of Topliss-reactive ketones (excluding diaryl/α,β-unsaturated/α-hetero) is 1. The fraction of sp³-hybridized carbons (Fsp3) is 0.643. The number of nitrogens with zero attached hydrogens (tertiary/aromatic N) is 2. The number of carbonyl (C=O) groups is 1. The van der Waals surface area contributed by atoms with Gasteiger partial charge in [0.1, 0.15) is 12.3 Å². The van der Waals surface area contributed by atoms with Gasteiger partial charge in [0, 0.05) is 19.0 Å². The Kier molecular flexibility index (Phi) is 8.34. The van der Waals surface area contributed by atoms with Crippen molar-refractivity contribution in [3.8, 4) is 0 Å². The Hall–Kier alpha value is -1.04. The molecule has 20 heavy (non-hydrogen) atoms. The van der Waals surface area contributed by atoms with E-state index in [1.54, 1.807) is 6.20 Å². The maximum Gasteiger partial charge on any atom is 0.208 e. The molecule has 0 aliphatic carbocycles. The molecule has 0 amide bonds. The molecule has 1 fully saturated rings. The van der Waals surface area contributed by atoms with Gasteiger partial charge in [0.2, 0.25) is 5.78 Å². The summed E-state index contributed by atoms with van der Waals surface area (Å²) in [5.41, 5.74) is 0.376. The van der Waals surface area contributed by atoms with Gasteiger partial charge in [0.05, 0.1) is 6.20 Å². The molecule has 6 heteroatoms. The van der Waals surface area contributed by atoms with E-state index in [9.17, 15) is 4.79 Å². The van der Waals surface area contributed by atoms with Crippen molar-refractivity contribution >= 4 is 18.2 Å². The van der Waals surface area contributed by atoms with Crippen LogP contribution >= 0.6 is 12.4 Å². The minimum atomic E-state index is -0.102. The Labute approximate surface area is 125 Å². The quantitative estimate of drug-likeness (QED) is 0.615. The van der Waals surface area contributed by atoms with Crippen molar-refractivity contribution in [3.63, 3.8) is 0 Å². The minimum absolute atomic E-state index is 0. The average Bonchev–Trinajstić information content (AvgIpc) is 2.49. The number of halogens is 1. The van der Waals surface area contributed by atoms with E-state index >= 15 is 0 Å². The number of piperidine rings is 1. The lowest BCUT2D eigenvalue weighted by Crippen LogP contribution is -2.27. The predicted molar refractivity (Wildman–Crippen MR) is 79.3 cm³/mol. The summed E-state index contributed by atoms with van der Waals surface area (Å²) < 4.78 is 5.41. The Bertz CT molecular complexity index is 383. The summed E-state index contributed by atoms with van der Waals surface area (Å²) in [5, 5.41) is 3.36. The molecule has 2 rings (SSSR count). The highest BCUT2D eigenvalue weighted by molar-refractivity contribution is 5.94. The first kappa shape index (κ1) is 17.0. The van der Waals surface area contributed by atoms with E-state index in [2.05, 4.69) is 15.3 Å². The van der Waals surface area contributed by atoms with Crippen LogP contribution in [0.1, 0.15) is 36.2 Å². The fourth-order valence-corrected chi connectivity index (χ4v) is 2.33. The van der Waals surface area contributed by atoms with Gasteiger partial charge in [0.15, 0.2) is 0 Å². The van der Waals surface area contributed by atoms with Gasteiger partial charge in [-0.3, -0.25) is 9.78 Å². The lowest BCUT2D eigenvalue weighted by molar-refractivity contribution is 0.0739. The molecule has 1 aliphatic rings. The minimum Gasteiger partial charge on any atom is -0.373 e. The van der Waals surface area contributed by atoms with Gasteiger partial charge in [-0.05, 0) is 44.7 Å². The number of carbonyl (C=O) groups excluding carboxylic acids is 1. The number of nitrogens with one attached hydrogen (secondary N) is 1. The molecule has 1 aliphatic heterocycles. The van der Waals surface area contributed by atoms with Gasteiger partial charge in [-0.25, -0.2) is 4.98 Å². The highest BCUT2D eigenvalue weighted by atomic mass is 35.5. The normalized spacial score (nSPS) is 15.6. The molecule has 1 aromatic rings. The fourth-order valence-electron chi connectivity index (χ4n) is 2.33. The first-order valence-electron chi connectivity index (χ1n) is 6.94. The third-order valence-corrected chi connectivity index (χ3v) is 3.44. The monoisotopic (exact) mass is 299 g/mol. The smallest absolute Gasteiger partial charge is 0.208 e. The van der Waals surface area contributed by atoms with Gasteiger partial charge in [-0.2, -0.15) is 0 Å². The number of ether oxygens (including phenoxy) is 1. The van der Waals surface area contributed by atoms with Crippen LogP contribution in [0.2, 0.25) is 0 Å². The number of hydrogen-bond acceptors (Lipinski definition) is 5. The van der Waals surface area contributed by atoms with Crippen LogP contribution in [0, 0.1) is 5.92 Å². The second-order valence-electron chi connectivity index (χ2n) is 4.90. The lowest BCUT2D eigenvalue weighted by Gasteiger charge is -2.22. The Morgan fingerprint density at radius 2 is 2.15 bits per heavy atom. The molecule has 0 radical (unpaired) electrons. The van der Waals surface area contributed by atoms with Crippen molar-refractivity contribution in [2.75, 3.05) is 26.3 Å². The predicted octanol–water partition coefficient (Wildman–Crippen LogP) is 1.88. The zero-order valence-electron chi connectivity index (χ0n) is 11.6. The van der Waals surface area contributed by atoms with E-state index in [0.29, 0.717) is 12.3 Å². The van der Waals surface area contributed by atoms with Crippen LogP contribution in [0.4, 0.5) is 0 Å². The van der Waals surface area contributed by atoms with Gasteiger partial charge in [-0.1, -0.05) is 0 Å². The van der Waals surface area contributed by atoms with Crippen molar-refractivity contribution < 1.29 is 9.53 Å². The average molecular weight is 300 g/mol. The summed E-state index contributed by atoms with van der Waals surface area (Å²) in [5.74, 6) is 0.718. The topological polar surface area (TPSA) is 64.1 Å². The molecule has 0 aromatic carbocycles. The second kappa shape index (κ2) is 9.80. The van der Waals surface area contributed by atoms with Crippen LogP contribution in [0.3, 0.4) is 0 Å². The maximum atomic E-state index is 11.7. The molecule has 0 saturated carbocycles. The van der Waals surface area contributed by atoms with E-state index in [1.807, 2.05) is 0 Å². The molecular formula is C14H22ClN3O2. The number of aromatic nitrogens is 2. The number of hydrogen-bond donors (Lipinski definition) is 1. The summed E-state index contributed by atoms with van der Waals surface area (Å²) in [6.07, 6.45) is 9.29. The highest BCUT2D eigenvalue weighted by Crippen LogP contribution is 2.17. The first-order chi connectivity index (χ1) is 9.36. The molecule has 0 spiro atoms. The van der Waals surface area contributed by atoms with Crippen molar-refractivity contribution in [2.45, 2.75) is 25.7 Å². The van der Waals surface area contributed by atoms with Crippen molar-refractivity contribution in [1.29, 1.82) is 0 Å². The molecule has 5 nitrogen and oxygen atoms in total. The maximum absolute atomic E-state index is 11.7. The van der Waals surface area contributed by atoms with Gasteiger partial charge < -0.3 is 10.1 Å². The number of rotatable bonds is 7. The summed E-state index contributed by atoms with van der Waals surface area (Å²) in [7, 11) is 0. The Morgan fingerprint density at radius 3 is 2.85 bits per heavy atom. The summed E-state index contributed by atoms with van der Waals surface area (Å²) >= 11 is 0. The molecule has 0 atom stereocenters. The lowest BCUT2D eigenvalue weighted by atomic mass is 9.93. The van der Waals surface area contributed by atoms with E-state index in [0.717, 1.165) is 25.4 Å². The Balaban J connectivity index is 0.00000200. The molecule has 1 N–H and O–H groups in total. The van der Waals surface area contributed by atoms with Crippen LogP contribution in [-0.4, -0.2) is 42.1 Å². The van der Waals surface area contributed by atoms with Gasteiger partial charge >= 0.3 is 0 Å². The third kappa shape index (κ3) is 5.94. The van der Waals surface area contributed by atoms with Gasteiger partial charge in [-0.15, -0.1) is 12.4 Å². The van der Waals surface area contributed by atoms with E-state index in [-0.39, 0.29) is 24.8 Å². The van der Waals surface area contributed by atoms with Crippen molar-refractivity contribution in [3.05, 3.63) is 24.3 Å². The van der Waals surface area contributed by atoms with Crippen LogP contribution in [0.5, 0.6) is 0 Å². The van der Waals surface area contributed by atoms with Crippen LogP contribution in [0.15, 0.2) is 18.6 Å². The summed E-state index contributed by atoms with van der Waals surface area (Å²) in [6.45, 7) is 3.02. The van der Waals surface area contributed by atoms with Crippen molar-refractivity contribution in [2.24, 2.45) is 5.92 Å². The molecule has 0 bridgehead atoms. The Morgan fingerprint density at radius 1 is 1.35 bits per heavy atom. The van der Waals surface area contributed by atoms with Crippen LogP contribution in [-0.2, 0) is 4.74 Å². The van der Waals surface area contributed by atoms with E-state index in [1.165, 1.54) is 31.7 Å². The third-order valence-electron chi connectivity index (χ3n) is 3.44. The molecule has 0 unspecified atom stereocenters. The summed E-state index contributed by atoms with van der Waals surface area (Å²) in [4.78, 5) is 19.5. The molecule has 1 aromatic heterocycles. The van der Waals surface area contributed by atoms with Crippen LogP contribution in [0.25, 0.3) is 0 Å². The second-order valence-corrected chi connectivity index (χ2v) is 4.90. The SMILES string of the molecule is Cl.O=C(COCCCC1CCNCC1)c1cnccn1. The number of ketones is 1. The zero-order valence-corrected chi connectivity index (χ0v) is 12.4. The summed E-state index contributed by atoms with van der Waals surface area (Å²) in [6, 6.07) is 0. The van der Waals surface area contributed by atoms with E-state index < -0.39 is 0 Å². The zero-order chi connectivity index (χ0) is 13.3. The largest absolute Gasteiger partial charge is 0.373 e. The molecule has 2 heterocycles. The van der Waals surface area contributed by atoms with Crippen molar-refractivity contribution in [1.82, 2.24) is 15.3 Å². The first-order valence-corrected chi connectivity index (χ1v) is 6.94. The molecule has 112 valence electrons. The standard InChI is InChI=1S/C14H21N3O2.ClH/c18-14(13-10-16-7-8-17-13)11-19-9-1-2-12-3-5-15-6-4-12;/h7-8,10,12,15H,1-6,9,11H2;1H. The van der Waals surface area contributed by atoms with Gasteiger partial charge in [0.25, 0.3) is 0 Å². The molecule has 1 saturated heterocycles.